The molecule has 2 fully saturated rings. The number of likely N-dealkylation sites (tertiary alicyclic amines) is 2. The Balaban J connectivity index is 0.00000300. The van der Waals surface area contributed by atoms with Crippen molar-refractivity contribution in [2.45, 2.75) is 53.0 Å². The van der Waals surface area contributed by atoms with E-state index in [0.29, 0.717) is 18.4 Å². The van der Waals surface area contributed by atoms with E-state index in [0.717, 1.165) is 62.7 Å². The monoisotopic (exact) mass is 512 g/mol. The van der Waals surface area contributed by atoms with Gasteiger partial charge in [0.1, 0.15) is 0 Å². The smallest absolute Gasteiger partial charge is 0.253 e. The molecule has 0 spiro atoms. The lowest BCUT2D eigenvalue weighted by Crippen LogP contribution is -2.48. The molecule has 1 N–H and O–H groups in total. The van der Waals surface area contributed by atoms with Gasteiger partial charge in [-0.2, -0.15) is 0 Å². The van der Waals surface area contributed by atoms with E-state index in [-0.39, 0.29) is 29.9 Å². The van der Waals surface area contributed by atoms with Gasteiger partial charge in [0.15, 0.2) is 5.96 Å². The molecule has 5 nitrogen and oxygen atoms in total. The number of nitrogens with zero attached hydrogens (tertiary/aromatic N) is 3. The van der Waals surface area contributed by atoms with Crippen molar-refractivity contribution in [2.24, 2.45) is 16.8 Å². The fraction of sp³-hybridized carbons (Fsp3) is 0.652. The number of halogens is 1. The Labute approximate surface area is 193 Å². The number of nitrogens with one attached hydrogen (secondary N) is 1. The standard InChI is InChI=1S/C23H36N4O.HI/c1-4-24-23(27-16-18(2)14-19(3)17-27)25-15-20-8-10-21(11-9-20)22(28)26-12-6-5-7-13-26;/h8-11,18-19H,4-7,12-17H2,1-3H3,(H,24,25);1H. The molecule has 0 aromatic heterocycles. The molecule has 0 saturated carbocycles. The van der Waals surface area contributed by atoms with E-state index in [9.17, 15) is 4.79 Å². The fourth-order valence-corrected chi connectivity index (χ4v) is 4.46. The Morgan fingerprint density at radius 1 is 1.03 bits per heavy atom. The third-order valence-corrected chi connectivity index (χ3v) is 5.76. The molecule has 0 bridgehead atoms. The van der Waals surface area contributed by atoms with E-state index >= 15 is 0 Å². The number of benzene rings is 1. The van der Waals surface area contributed by atoms with E-state index in [1.54, 1.807) is 0 Å². The number of amides is 1. The molecule has 162 valence electrons. The molecule has 2 heterocycles. The van der Waals surface area contributed by atoms with Gasteiger partial charge in [0.25, 0.3) is 5.91 Å². The van der Waals surface area contributed by atoms with Crippen molar-refractivity contribution in [2.75, 3.05) is 32.7 Å². The van der Waals surface area contributed by atoms with Crippen LogP contribution in [0.1, 0.15) is 62.4 Å². The number of piperidine rings is 2. The van der Waals surface area contributed by atoms with Gasteiger partial charge in [-0.25, -0.2) is 4.99 Å². The maximum Gasteiger partial charge on any atom is 0.253 e. The van der Waals surface area contributed by atoms with Crippen molar-refractivity contribution in [1.82, 2.24) is 15.1 Å². The van der Waals surface area contributed by atoms with Gasteiger partial charge in [0.05, 0.1) is 6.54 Å². The highest BCUT2D eigenvalue weighted by Crippen LogP contribution is 2.21. The lowest BCUT2D eigenvalue weighted by Gasteiger charge is -2.37. The van der Waals surface area contributed by atoms with Crippen LogP contribution in [0.3, 0.4) is 0 Å². The van der Waals surface area contributed by atoms with E-state index < -0.39 is 0 Å². The molecule has 1 amide bonds. The summed E-state index contributed by atoms with van der Waals surface area (Å²) in [5.74, 6) is 2.58. The van der Waals surface area contributed by atoms with E-state index in [2.05, 4.69) is 31.0 Å². The van der Waals surface area contributed by atoms with Crippen LogP contribution < -0.4 is 5.32 Å². The van der Waals surface area contributed by atoms with Crippen molar-refractivity contribution in [3.05, 3.63) is 35.4 Å². The SMILES string of the molecule is CCNC(=NCc1ccc(C(=O)N2CCCCC2)cc1)N1CC(C)CC(C)C1.I. The molecule has 2 aliphatic rings. The van der Waals surface area contributed by atoms with Crippen LogP contribution in [-0.4, -0.2) is 54.4 Å². The molecule has 6 heteroatoms. The van der Waals surface area contributed by atoms with Gasteiger partial charge in [-0.15, -0.1) is 24.0 Å². The minimum atomic E-state index is 0. The van der Waals surface area contributed by atoms with Gasteiger partial charge in [-0.1, -0.05) is 26.0 Å². The van der Waals surface area contributed by atoms with E-state index in [1.807, 2.05) is 29.2 Å². The molecule has 1 aromatic rings. The predicted molar refractivity (Wildman–Crippen MR) is 131 cm³/mol. The Hall–Kier alpha value is -1.31. The second-order valence-corrected chi connectivity index (χ2v) is 8.57. The summed E-state index contributed by atoms with van der Waals surface area (Å²) in [5, 5.41) is 3.45. The molecule has 1 aromatic carbocycles. The zero-order chi connectivity index (χ0) is 19.9. The lowest BCUT2D eigenvalue weighted by atomic mass is 9.92. The van der Waals surface area contributed by atoms with Crippen LogP contribution in [0, 0.1) is 11.8 Å². The molecule has 0 aliphatic carbocycles. The maximum atomic E-state index is 12.6. The van der Waals surface area contributed by atoms with Gasteiger partial charge < -0.3 is 15.1 Å². The molecule has 0 radical (unpaired) electrons. The molecule has 2 atom stereocenters. The third kappa shape index (κ3) is 6.86. The van der Waals surface area contributed by atoms with Gasteiger partial charge in [-0.3, -0.25) is 4.79 Å². The summed E-state index contributed by atoms with van der Waals surface area (Å²) in [4.78, 5) is 21.9. The summed E-state index contributed by atoms with van der Waals surface area (Å²) in [6.45, 7) is 12.2. The summed E-state index contributed by atoms with van der Waals surface area (Å²) in [6.07, 6.45) is 4.78. The van der Waals surface area contributed by atoms with Crippen LogP contribution >= 0.6 is 24.0 Å². The van der Waals surface area contributed by atoms with Crippen molar-refractivity contribution in [1.29, 1.82) is 0 Å². The van der Waals surface area contributed by atoms with E-state index in [1.165, 1.54) is 12.8 Å². The van der Waals surface area contributed by atoms with Gasteiger partial charge in [-0.05, 0) is 62.1 Å². The molecular formula is C23H37IN4O. The van der Waals surface area contributed by atoms with Gasteiger partial charge in [0, 0.05) is 38.3 Å². The number of carbonyl (C=O) groups is 1. The summed E-state index contributed by atoms with van der Waals surface area (Å²) >= 11 is 0. The van der Waals surface area contributed by atoms with Crippen LogP contribution in [0.4, 0.5) is 0 Å². The van der Waals surface area contributed by atoms with Crippen LogP contribution in [0.15, 0.2) is 29.3 Å². The largest absolute Gasteiger partial charge is 0.357 e. The van der Waals surface area contributed by atoms with Crippen LogP contribution in [0.25, 0.3) is 0 Å². The van der Waals surface area contributed by atoms with Gasteiger partial charge in [0.2, 0.25) is 0 Å². The summed E-state index contributed by atoms with van der Waals surface area (Å²) in [5.41, 5.74) is 1.93. The second-order valence-electron chi connectivity index (χ2n) is 8.57. The third-order valence-electron chi connectivity index (χ3n) is 5.76. The van der Waals surface area contributed by atoms with Crippen LogP contribution in [0.2, 0.25) is 0 Å². The molecule has 3 rings (SSSR count). The summed E-state index contributed by atoms with van der Waals surface area (Å²) in [6, 6.07) is 8.01. The highest BCUT2D eigenvalue weighted by atomic mass is 127. The normalized spacial score (nSPS) is 22.8. The maximum absolute atomic E-state index is 12.6. The van der Waals surface area contributed by atoms with Crippen molar-refractivity contribution >= 4 is 35.8 Å². The summed E-state index contributed by atoms with van der Waals surface area (Å²) in [7, 11) is 0. The first-order valence-corrected chi connectivity index (χ1v) is 11.0. The Morgan fingerprint density at radius 3 is 2.24 bits per heavy atom. The minimum Gasteiger partial charge on any atom is -0.357 e. The molecule has 2 saturated heterocycles. The quantitative estimate of drug-likeness (QED) is 0.370. The molecule has 2 aliphatic heterocycles. The topological polar surface area (TPSA) is 47.9 Å². The average molecular weight is 512 g/mol. The highest BCUT2D eigenvalue weighted by Gasteiger charge is 2.24. The number of guanidine groups is 1. The molecule has 2 unspecified atom stereocenters. The lowest BCUT2D eigenvalue weighted by molar-refractivity contribution is 0.0724. The van der Waals surface area contributed by atoms with Gasteiger partial charge >= 0.3 is 0 Å². The van der Waals surface area contributed by atoms with Crippen molar-refractivity contribution in [3.8, 4) is 0 Å². The first kappa shape index (κ1) is 24.0. The molecule has 29 heavy (non-hydrogen) atoms. The molecular weight excluding hydrogens is 475 g/mol. The number of rotatable bonds is 4. The van der Waals surface area contributed by atoms with E-state index in [4.69, 9.17) is 4.99 Å². The predicted octanol–water partition coefficient (Wildman–Crippen LogP) is 4.37. The first-order chi connectivity index (χ1) is 13.6. The zero-order valence-corrected chi connectivity index (χ0v) is 20.5. The number of hydrogen-bond acceptors (Lipinski definition) is 2. The number of carbonyl (C=O) groups excluding carboxylic acids is 1. The Kier molecular flexibility index (Phi) is 9.72. The van der Waals surface area contributed by atoms with Crippen LogP contribution in [0.5, 0.6) is 0 Å². The minimum absolute atomic E-state index is 0. The van der Waals surface area contributed by atoms with Crippen LogP contribution in [-0.2, 0) is 6.54 Å². The van der Waals surface area contributed by atoms with Crippen molar-refractivity contribution in [3.63, 3.8) is 0 Å². The highest BCUT2D eigenvalue weighted by molar-refractivity contribution is 14.0. The fourth-order valence-electron chi connectivity index (χ4n) is 4.46. The number of hydrogen-bond donors (Lipinski definition) is 1. The number of aliphatic imine (C=N–C) groups is 1. The summed E-state index contributed by atoms with van der Waals surface area (Å²) < 4.78 is 0. The second kappa shape index (κ2) is 11.8. The zero-order valence-electron chi connectivity index (χ0n) is 18.2. The Morgan fingerprint density at radius 2 is 1.66 bits per heavy atom. The Bertz CT molecular complexity index is 660. The van der Waals surface area contributed by atoms with Crippen molar-refractivity contribution < 1.29 is 4.79 Å². The average Bonchev–Trinajstić information content (AvgIpc) is 2.71. The first-order valence-electron chi connectivity index (χ1n) is 11.0.